The fraction of sp³-hybridized carbons (Fsp3) is 0.500. The molecule has 0 saturated carbocycles. The second-order valence-electron chi connectivity index (χ2n) is 3.58. The van der Waals surface area contributed by atoms with Crippen LogP contribution in [0, 0.1) is 0 Å². The molecule has 0 aromatic heterocycles. The zero-order chi connectivity index (χ0) is 12.8. The maximum Gasteiger partial charge on any atom is 0.183 e. The van der Waals surface area contributed by atoms with E-state index in [4.69, 9.17) is 14.2 Å². The fourth-order valence-electron chi connectivity index (χ4n) is 1.58. The molecule has 0 fully saturated rings. The first-order valence-electron chi connectivity index (χ1n) is 5.18. The standard InChI is InChI=1S/C12H17BrO4/c1-15-11-5-4-8(6-9(11)13)7-10(14)12(16-2)17-3/h4-6,10,12,14H,7H2,1-3H3. The molecule has 1 atom stereocenters. The van der Waals surface area contributed by atoms with Gasteiger partial charge in [0.15, 0.2) is 6.29 Å². The van der Waals surface area contributed by atoms with Gasteiger partial charge in [-0.25, -0.2) is 0 Å². The maximum atomic E-state index is 9.88. The summed E-state index contributed by atoms with van der Waals surface area (Å²) < 4.78 is 16.0. The highest BCUT2D eigenvalue weighted by Gasteiger charge is 2.18. The van der Waals surface area contributed by atoms with Gasteiger partial charge >= 0.3 is 0 Å². The molecule has 0 aliphatic carbocycles. The minimum Gasteiger partial charge on any atom is -0.496 e. The van der Waals surface area contributed by atoms with Crippen LogP contribution in [0.3, 0.4) is 0 Å². The highest BCUT2D eigenvalue weighted by molar-refractivity contribution is 9.10. The average Bonchev–Trinajstić information content (AvgIpc) is 2.31. The van der Waals surface area contributed by atoms with Gasteiger partial charge in [0.2, 0.25) is 0 Å². The number of benzene rings is 1. The molecule has 0 saturated heterocycles. The van der Waals surface area contributed by atoms with E-state index in [-0.39, 0.29) is 0 Å². The maximum absolute atomic E-state index is 9.88. The van der Waals surface area contributed by atoms with E-state index in [1.807, 2.05) is 18.2 Å². The van der Waals surface area contributed by atoms with E-state index in [1.165, 1.54) is 14.2 Å². The number of rotatable bonds is 6. The molecule has 0 amide bonds. The molecule has 0 aliphatic heterocycles. The van der Waals surface area contributed by atoms with E-state index in [1.54, 1.807) is 7.11 Å². The van der Waals surface area contributed by atoms with E-state index >= 15 is 0 Å². The van der Waals surface area contributed by atoms with Crippen LogP contribution in [-0.2, 0) is 15.9 Å². The van der Waals surface area contributed by atoms with Gasteiger partial charge in [0.1, 0.15) is 11.9 Å². The number of hydrogen-bond donors (Lipinski definition) is 1. The fourth-order valence-corrected chi connectivity index (χ4v) is 2.17. The molecular formula is C12H17BrO4. The molecule has 1 aromatic rings. The minimum absolute atomic E-state index is 0.453. The lowest BCUT2D eigenvalue weighted by Crippen LogP contribution is -2.31. The van der Waals surface area contributed by atoms with Crippen LogP contribution in [0.4, 0.5) is 0 Å². The van der Waals surface area contributed by atoms with Crippen LogP contribution in [0.2, 0.25) is 0 Å². The lowest BCUT2D eigenvalue weighted by Gasteiger charge is -2.20. The van der Waals surface area contributed by atoms with E-state index in [9.17, 15) is 5.11 Å². The number of hydrogen-bond acceptors (Lipinski definition) is 4. The minimum atomic E-state index is -0.703. The van der Waals surface area contributed by atoms with Gasteiger partial charge in [0.25, 0.3) is 0 Å². The third-order valence-corrected chi connectivity index (χ3v) is 3.06. The quantitative estimate of drug-likeness (QED) is 0.817. The number of aliphatic hydroxyl groups is 1. The van der Waals surface area contributed by atoms with Gasteiger partial charge in [0.05, 0.1) is 11.6 Å². The molecular weight excluding hydrogens is 288 g/mol. The summed E-state index contributed by atoms with van der Waals surface area (Å²) >= 11 is 3.40. The molecule has 1 rings (SSSR count). The van der Waals surface area contributed by atoms with Crippen molar-refractivity contribution in [1.82, 2.24) is 0 Å². The Kier molecular flexibility index (Phi) is 5.91. The zero-order valence-corrected chi connectivity index (χ0v) is 11.7. The van der Waals surface area contributed by atoms with Crippen LogP contribution >= 0.6 is 15.9 Å². The molecule has 17 heavy (non-hydrogen) atoms. The molecule has 1 unspecified atom stereocenters. The Hall–Kier alpha value is -0.620. The largest absolute Gasteiger partial charge is 0.496 e. The normalized spacial score (nSPS) is 12.8. The van der Waals surface area contributed by atoms with Crippen molar-refractivity contribution in [2.45, 2.75) is 18.8 Å². The van der Waals surface area contributed by atoms with E-state index in [0.29, 0.717) is 6.42 Å². The van der Waals surface area contributed by atoms with Crippen molar-refractivity contribution < 1.29 is 19.3 Å². The Bertz CT molecular complexity index is 352. The summed E-state index contributed by atoms with van der Waals surface area (Å²) in [5.74, 6) is 0.762. The summed E-state index contributed by atoms with van der Waals surface area (Å²) in [5.41, 5.74) is 0.976. The summed E-state index contributed by atoms with van der Waals surface area (Å²) in [6.07, 6.45) is -0.865. The average molecular weight is 305 g/mol. The zero-order valence-electron chi connectivity index (χ0n) is 10.1. The van der Waals surface area contributed by atoms with Crippen molar-refractivity contribution in [3.63, 3.8) is 0 Å². The highest BCUT2D eigenvalue weighted by atomic mass is 79.9. The van der Waals surface area contributed by atoms with Crippen molar-refractivity contribution in [3.8, 4) is 5.75 Å². The van der Waals surface area contributed by atoms with Crippen molar-refractivity contribution >= 4 is 15.9 Å². The molecule has 0 spiro atoms. The van der Waals surface area contributed by atoms with Crippen LogP contribution in [0.15, 0.2) is 22.7 Å². The monoisotopic (exact) mass is 304 g/mol. The third-order valence-electron chi connectivity index (χ3n) is 2.44. The first-order chi connectivity index (χ1) is 8.12. The smallest absolute Gasteiger partial charge is 0.183 e. The summed E-state index contributed by atoms with van der Waals surface area (Å²) in [7, 11) is 4.61. The molecule has 0 bridgehead atoms. The van der Waals surface area contributed by atoms with Crippen LogP contribution in [0.5, 0.6) is 5.75 Å². The lowest BCUT2D eigenvalue weighted by molar-refractivity contribution is -0.163. The molecule has 1 aromatic carbocycles. The predicted octanol–water partition coefficient (Wildman–Crippen LogP) is 1.98. The molecule has 0 aliphatic rings. The molecule has 96 valence electrons. The Labute approximate surface area is 110 Å². The van der Waals surface area contributed by atoms with Crippen molar-refractivity contribution in [2.24, 2.45) is 0 Å². The lowest BCUT2D eigenvalue weighted by atomic mass is 10.1. The Morgan fingerprint density at radius 1 is 1.24 bits per heavy atom. The van der Waals surface area contributed by atoms with Crippen molar-refractivity contribution in [3.05, 3.63) is 28.2 Å². The van der Waals surface area contributed by atoms with Gasteiger partial charge < -0.3 is 19.3 Å². The molecule has 5 heteroatoms. The first-order valence-corrected chi connectivity index (χ1v) is 5.97. The van der Waals surface area contributed by atoms with Gasteiger partial charge in [-0.3, -0.25) is 0 Å². The van der Waals surface area contributed by atoms with Crippen molar-refractivity contribution in [1.29, 1.82) is 0 Å². The third kappa shape index (κ3) is 3.96. The number of halogens is 1. The number of ether oxygens (including phenoxy) is 3. The van der Waals surface area contributed by atoms with E-state index < -0.39 is 12.4 Å². The number of aliphatic hydroxyl groups excluding tert-OH is 1. The summed E-state index contributed by atoms with van der Waals surface area (Å²) in [5, 5.41) is 9.88. The first kappa shape index (κ1) is 14.4. The predicted molar refractivity (Wildman–Crippen MR) is 68.2 cm³/mol. The highest BCUT2D eigenvalue weighted by Crippen LogP contribution is 2.26. The van der Waals surface area contributed by atoms with Gasteiger partial charge in [0, 0.05) is 20.6 Å². The van der Waals surface area contributed by atoms with Gasteiger partial charge in [-0.1, -0.05) is 6.07 Å². The van der Waals surface area contributed by atoms with Crippen molar-refractivity contribution in [2.75, 3.05) is 21.3 Å². The van der Waals surface area contributed by atoms with Gasteiger partial charge in [-0.2, -0.15) is 0 Å². The summed E-state index contributed by atoms with van der Waals surface area (Å²) in [4.78, 5) is 0. The van der Waals surface area contributed by atoms with Crippen LogP contribution < -0.4 is 4.74 Å². The van der Waals surface area contributed by atoms with E-state index in [2.05, 4.69) is 15.9 Å². The van der Waals surface area contributed by atoms with Gasteiger partial charge in [-0.05, 0) is 33.6 Å². The Balaban J connectivity index is 2.71. The van der Waals surface area contributed by atoms with Crippen LogP contribution in [0.25, 0.3) is 0 Å². The topological polar surface area (TPSA) is 47.9 Å². The molecule has 0 heterocycles. The molecule has 1 N–H and O–H groups in total. The van der Waals surface area contributed by atoms with Gasteiger partial charge in [-0.15, -0.1) is 0 Å². The number of methoxy groups -OCH3 is 3. The second-order valence-corrected chi connectivity index (χ2v) is 4.43. The van der Waals surface area contributed by atoms with E-state index in [0.717, 1.165) is 15.8 Å². The summed E-state index contributed by atoms with van der Waals surface area (Å²) in [6.45, 7) is 0. The Morgan fingerprint density at radius 2 is 1.88 bits per heavy atom. The molecule has 0 radical (unpaired) electrons. The van der Waals surface area contributed by atoms with Crippen LogP contribution in [0.1, 0.15) is 5.56 Å². The van der Waals surface area contributed by atoms with Crippen LogP contribution in [-0.4, -0.2) is 38.8 Å². The Morgan fingerprint density at radius 3 is 2.35 bits per heavy atom. The SMILES string of the molecule is COc1ccc(CC(O)C(OC)OC)cc1Br. The summed E-state index contributed by atoms with van der Waals surface area (Å²) in [6, 6.07) is 5.65. The second kappa shape index (κ2) is 6.96. The molecule has 4 nitrogen and oxygen atoms in total.